The lowest BCUT2D eigenvalue weighted by Crippen LogP contribution is -2.56. The zero-order valence-corrected chi connectivity index (χ0v) is 17.7. The molecule has 0 saturated carbocycles. The minimum Gasteiger partial charge on any atom is -0.439 e. The third kappa shape index (κ3) is 3.99. The molecule has 2 N–H and O–H groups in total. The second-order valence-electron chi connectivity index (χ2n) is 7.78. The van der Waals surface area contributed by atoms with E-state index in [0.29, 0.717) is 24.5 Å². The van der Waals surface area contributed by atoms with E-state index in [2.05, 4.69) is 9.98 Å². The van der Waals surface area contributed by atoms with Crippen LogP contribution < -0.4 is 10.5 Å². The Morgan fingerprint density at radius 3 is 2.62 bits per heavy atom. The third-order valence-electron chi connectivity index (χ3n) is 5.45. The second-order valence-corrected chi connectivity index (χ2v) is 10.2. The van der Waals surface area contributed by atoms with Crippen LogP contribution in [0, 0.1) is 5.82 Å². The number of amidine groups is 1. The molecule has 2 aromatic rings. The van der Waals surface area contributed by atoms with Crippen LogP contribution in [-0.4, -0.2) is 29.7 Å². The monoisotopic (exact) mass is 419 g/mol. The fraction of sp³-hybridized carbons (Fsp3) is 0.429. The fourth-order valence-electron chi connectivity index (χ4n) is 3.55. The summed E-state index contributed by atoms with van der Waals surface area (Å²) in [6, 6.07) is 9.36. The highest BCUT2D eigenvalue weighted by Crippen LogP contribution is 2.41. The highest BCUT2D eigenvalue weighted by molar-refractivity contribution is 7.93. The Hall–Kier alpha value is -2.48. The summed E-state index contributed by atoms with van der Waals surface area (Å²) in [5.74, 6) is -0.182. The molecule has 29 heavy (non-hydrogen) atoms. The van der Waals surface area contributed by atoms with Gasteiger partial charge in [-0.05, 0) is 44.5 Å². The Balaban J connectivity index is 2.02. The fourth-order valence-corrected chi connectivity index (χ4v) is 5.65. The van der Waals surface area contributed by atoms with E-state index < -0.39 is 25.9 Å². The van der Waals surface area contributed by atoms with Crippen molar-refractivity contribution < 1.29 is 17.5 Å². The van der Waals surface area contributed by atoms with Crippen LogP contribution in [0.2, 0.25) is 0 Å². The maximum atomic E-state index is 14.7. The molecule has 0 saturated heterocycles. The number of hydrogen-bond donors (Lipinski definition) is 1. The van der Waals surface area contributed by atoms with Crippen molar-refractivity contribution in [1.82, 2.24) is 4.98 Å². The topological polar surface area (TPSA) is 94.6 Å². The maximum Gasteiger partial charge on any atom is 0.219 e. The standard InChI is InChI=1S/C21H26FN3O3S/c1-4-5-11-21(3)19(23)25-20(2,14-29(21,26)27)16-13-15(9-10-17(16)22)28-18-8-6-7-12-24-18/h6-10,12-13H,4-5,11,14H2,1-3H3,(H2,23,25). The zero-order valence-electron chi connectivity index (χ0n) is 16.9. The SMILES string of the molecule is CCCCC1(C)C(N)=NC(C)(c2cc(Oc3ccccn3)ccc2F)CS1(=O)=O. The van der Waals surface area contributed by atoms with Gasteiger partial charge >= 0.3 is 0 Å². The molecule has 0 amide bonds. The predicted octanol–water partition coefficient (Wildman–Crippen LogP) is 3.96. The lowest BCUT2D eigenvalue weighted by Gasteiger charge is -2.40. The molecule has 0 bridgehead atoms. The molecular weight excluding hydrogens is 393 g/mol. The number of benzene rings is 1. The number of hydrogen-bond acceptors (Lipinski definition) is 6. The molecule has 1 aromatic heterocycles. The van der Waals surface area contributed by atoms with Crippen LogP contribution in [0.15, 0.2) is 47.6 Å². The second kappa shape index (κ2) is 7.74. The van der Waals surface area contributed by atoms with Gasteiger partial charge in [-0.1, -0.05) is 25.8 Å². The van der Waals surface area contributed by atoms with E-state index in [-0.39, 0.29) is 17.2 Å². The number of nitrogens with zero attached hydrogens (tertiary/aromatic N) is 2. The summed E-state index contributed by atoms with van der Waals surface area (Å²) in [6.45, 7) is 5.17. The smallest absolute Gasteiger partial charge is 0.219 e. The molecular formula is C21H26FN3O3S. The molecule has 0 fully saturated rings. The summed E-state index contributed by atoms with van der Waals surface area (Å²) in [5.41, 5.74) is 4.94. The Bertz CT molecular complexity index is 1030. The molecule has 0 spiro atoms. The number of pyridine rings is 1. The van der Waals surface area contributed by atoms with E-state index in [9.17, 15) is 12.8 Å². The van der Waals surface area contributed by atoms with Gasteiger partial charge in [-0.15, -0.1) is 0 Å². The minimum atomic E-state index is -3.66. The van der Waals surface area contributed by atoms with Crippen LogP contribution in [0.5, 0.6) is 11.6 Å². The van der Waals surface area contributed by atoms with Gasteiger partial charge in [0.15, 0.2) is 9.84 Å². The van der Waals surface area contributed by atoms with Crippen molar-refractivity contribution in [2.45, 2.75) is 50.3 Å². The van der Waals surface area contributed by atoms with E-state index in [1.807, 2.05) is 6.92 Å². The molecule has 2 unspecified atom stereocenters. The molecule has 2 atom stereocenters. The summed E-state index contributed by atoms with van der Waals surface area (Å²) >= 11 is 0. The number of aromatic nitrogens is 1. The number of rotatable bonds is 6. The first kappa shape index (κ1) is 21.2. The average Bonchev–Trinajstić information content (AvgIpc) is 2.66. The van der Waals surface area contributed by atoms with Crippen molar-refractivity contribution >= 4 is 15.7 Å². The Labute approximate surface area is 170 Å². The van der Waals surface area contributed by atoms with Gasteiger partial charge in [-0.3, -0.25) is 4.99 Å². The normalized spacial score (nSPS) is 26.0. The van der Waals surface area contributed by atoms with Crippen molar-refractivity contribution in [3.63, 3.8) is 0 Å². The predicted molar refractivity (Wildman–Crippen MR) is 111 cm³/mol. The first-order valence-corrected chi connectivity index (χ1v) is 11.2. The zero-order chi connectivity index (χ0) is 21.3. The van der Waals surface area contributed by atoms with Crippen LogP contribution in [0.25, 0.3) is 0 Å². The molecule has 1 aliphatic heterocycles. The van der Waals surface area contributed by atoms with Crippen molar-refractivity contribution in [2.24, 2.45) is 10.7 Å². The van der Waals surface area contributed by atoms with E-state index in [4.69, 9.17) is 10.5 Å². The number of sulfone groups is 1. The van der Waals surface area contributed by atoms with Gasteiger partial charge in [-0.25, -0.2) is 17.8 Å². The number of ether oxygens (including phenoxy) is 1. The van der Waals surface area contributed by atoms with Gasteiger partial charge < -0.3 is 10.5 Å². The summed E-state index contributed by atoms with van der Waals surface area (Å²) in [5, 5.41) is 0. The van der Waals surface area contributed by atoms with E-state index in [1.165, 1.54) is 18.2 Å². The van der Waals surface area contributed by atoms with E-state index in [1.54, 1.807) is 38.2 Å². The van der Waals surface area contributed by atoms with E-state index in [0.717, 1.165) is 6.42 Å². The van der Waals surface area contributed by atoms with Gasteiger partial charge in [0, 0.05) is 17.8 Å². The molecule has 156 valence electrons. The van der Waals surface area contributed by atoms with E-state index >= 15 is 0 Å². The Morgan fingerprint density at radius 1 is 1.24 bits per heavy atom. The summed E-state index contributed by atoms with van der Waals surface area (Å²) in [6.07, 6.45) is 3.53. The van der Waals surface area contributed by atoms with Crippen molar-refractivity contribution in [2.75, 3.05) is 5.75 Å². The lowest BCUT2D eigenvalue weighted by atomic mass is 9.92. The molecule has 2 heterocycles. The van der Waals surface area contributed by atoms with Crippen LogP contribution in [0.4, 0.5) is 4.39 Å². The van der Waals surface area contributed by atoms with Crippen LogP contribution in [0.1, 0.15) is 45.6 Å². The van der Waals surface area contributed by atoms with Crippen LogP contribution >= 0.6 is 0 Å². The average molecular weight is 420 g/mol. The van der Waals surface area contributed by atoms with Gasteiger partial charge in [0.1, 0.15) is 27.7 Å². The van der Waals surface area contributed by atoms with Crippen molar-refractivity contribution in [1.29, 1.82) is 0 Å². The summed E-state index contributed by atoms with van der Waals surface area (Å²) in [7, 11) is -3.66. The molecule has 1 aromatic carbocycles. The first-order chi connectivity index (χ1) is 13.6. The summed E-state index contributed by atoms with van der Waals surface area (Å²) in [4.78, 5) is 8.58. The minimum absolute atomic E-state index is 0.0233. The van der Waals surface area contributed by atoms with Crippen molar-refractivity contribution in [3.05, 3.63) is 54.0 Å². The number of halogens is 1. The third-order valence-corrected chi connectivity index (χ3v) is 8.18. The molecule has 3 rings (SSSR count). The molecule has 8 heteroatoms. The van der Waals surface area contributed by atoms with Crippen LogP contribution in [-0.2, 0) is 15.4 Å². The Kier molecular flexibility index (Phi) is 5.67. The maximum absolute atomic E-state index is 14.7. The number of nitrogens with two attached hydrogens (primary N) is 1. The largest absolute Gasteiger partial charge is 0.439 e. The number of unbranched alkanes of at least 4 members (excludes halogenated alkanes) is 1. The molecule has 1 aliphatic rings. The molecule has 0 aliphatic carbocycles. The highest BCUT2D eigenvalue weighted by Gasteiger charge is 2.51. The number of aliphatic imine (C=N–C) groups is 1. The Morgan fingerprint density at radius 2 is 2.00 bits per heavy atom. The first-order valence-electron chi connectivity index (χ1n) is 9.58. The van der Waals surface area contributed by atoms with Gasteiger partial charge in [0.05, 0.1) is 5.75 Å². The van der Waals surface area contributed by atoms with Gasteiger partial charge in [-0.2, -0.15) is 0 Å². The van der Waals surface area contributed by atoms with Gasteiger partial charge in [0.2, 0.25) is 5.88 Å². The quantitative estimate of drug-likeness (QED) is 0.765. The molecule has 6 nitrogen and oxygen atoms in total. The van der Waals surface area contributed by atoms with Crippen molar-refractivity contribution in [3.8, 4) is 11.6 Å². The highest BCUT2D eigenvalue weighted by atomic mass is 32.2. The summed E-state index contributed by atoms with van der Waals surface area (Å²) < 4.78 is 45.5. The molecule has 0 radical (unpaired) electrons. The lowest BCUT2D eigenvalue weighted by molar-refractivity contribution is 0.443. The van der Waals surface area contributed by atoms with Crippen LogP contribution in [0.3, 0.4) is 0 Å². The van der Waals surface area contributed by atoms with Gasteiger partial charge in [0.25, 0.3) is 0 Å².